The van der Waals surface area contributed by atoms with Crippen molar-refractivity contribution in [2.75, 3.05) is 19.6 Å². The average molecular weight is 313 g/mol. The number of nitrogens with two attached hydrogens (primary N) is 1. The summed E-state index contributed by atoms with van der Waals surface area (Å²) >= 11 is 0. The Bertz CT molecular complexity index is 118. The molecule has 0 aliphatic rings. The van der Waals surface area contributed by atoms with Crippen LogP contribution >= 0.6 is 0 Å². The molecule has 3 N–H and O–H groups in total. The Hall–Kier alpha value is -1.12. The van der Waals surface area contributed by atoms with Crippen LogP contribution in [0.1, 0.15) is 58.3 Å². The molecule has 0 aromatic rings. The molecular weight excluding hydrogens is 268 g/mol. The molecule has 0 rings (SSSR count). The zero-order valence-corrected chi connectivity index (χ0v) is 15.5. The zero-order chi connectivity index (χ0) is 18.5. The molecule has 134 valence electrons. The van der Waals surface area contributed by atoms with Crippen molar-refractivity contribution >= 4 is 0 Å². The number of rotatable bonds is 11. The summed E-state index contributed by atoms with van der Waals surface area (Å²) in [5.74, 6) is 0. The van der Waals surface area contributed by atoms with E-state index in [9.17, 15) is 0 Å². The highest BCUT2D eigenvalue weighted by Crippen LogP contribution is 2.07. The summed E-state index contributed by atoms with van der Waals surface area (Å²) in [4.78, 5) is 0. The van der Waals surface area contributed by atoms with Gasteiger partial charge in [-0.3, -0.25) is 0 Å². The molecule has 0 amide bonds. The van der Waals surface area contributed by atoms with Crippen molar-refractivity contribution in [1.82, 2.24) is 5.32 Å². The Balaban J connectivity index is -0.000000103. The Morgan fingerprint density at radius 2 is 0.955 bits per heavy atom. The molecule has 0 atom stereocenters. The fourth-order valence-electron chi connectivity index (χ4n) is 1.61. The summed E-state index contributed by atoms with van der Waals surface area (Å²) < 4.78 is 0. The Morgan fingerprint density at radius 1 is 0.591 bits per heavy atom. The minimum absolute atomic E-state index is 0.761. The topological polar surface area (TPSA) is 38.0 Å². The van der Waals surface area contributed by atoms with Gasteiger partial charge in [-0.05, 0) is 13.0 Å². The van der Waals surface area contributed by atoms with Crippen molar-refractivity contribution in [3.8, 4) is 0 Å². The monoisotopic (exact) mass is 312 g/mol. The predicted octanol–water partition coefficient (Wildman–Crippen LogP) is 5.88. The van der Waals surface area contributed by atoms with Gasteiger partial charge >= 0.3 is 0 Å². The third-order valence-electron chi connectivity index (χ3n) is 2.53. The van der Waals surface area contributed by atoms with E-state index >= 15 is 0 Å². The zero-order valence-electron chi connectivity index (χ0n) is 15.5. The van der Waals surface area contributed by atoms with Crippen LogP contribution in [0.3, 0.4) is 0 Å². The van der Waals surface area contributed by atoms with Crippen molar-refractivity contribution < 1.29 is 0 Å². The van der Waals surface area contributed by atoms with E-state index in [4.69, 9.17) is 5.73 Å². The van der Waals surface area contributed by atoms with Gasteiger partial charge in [-0.2, -0.15) is 0 Å². The summed E-state index contributed by atoms with van der Waals surface area (Å²) in [5.41, 5.74) is 5.37. The maximum atomic E-state index is 5.37. The maximum Gasteiger partial charge on any atom is 0.00745 e. The normalized spacial score (nSPS) is 7.55. The van der Waals surface area contributed by atoms with Crippen molar-refractivity contribution in [2.45, 2.75) is 58.3 Å². The summed E-state index contributed by atoms with van der Waals surface area (Å²) in [6, 6.07) is 0. The highest BCUT2D eigenvalue weighted by Gasteiger charge is 1.91. The highest BCUT2D eigenvalue weighted by molar-refractivity contribution is 4.50. The fourth-order valence-corrected chi connectivity index (χ4v) is 1.61. The number of hydrogen-bond donors (Lipinski definition) is 2. The minimum atomic E-state index is 0.761. The molecule has 0 aliphatic carbocycles. The van der Waals surface area contributed by atoms with Gasteiger partial charge in [0.1, 0.15) is 0 Å². The fraction of sp³-hybridized carbons (Fsp3) is 0.600. The number of hydrogen-bond acceptors (Lipinski definition) is 2. The van der Waals surface area contributed by atoms with Gasteiger partial charge in [0.15, 0.2) is 0 Å². The van der Waals surface area contributed by atoms with Gasteiger partial charge in [-0.1, -0.05) is 51.9 Å². The summed E-state index contributed by atoms with van der Waals surface area (Å²) in [6.45, 7) is 29.1. The second-order valence-electron chi connectivity index (χ2n) is 4.01. The van der Waals surface area contributed by atoms with Crippen molar-refractivity contribution in [2.24, 2.45) is 5.73 Å². The summed E-state index contributed by atoms with van der Waals surface area (Å²) in [6.07, 6.45) is 11.2. The number of nitrogens with one attached hydrogen (secondary N) is 1. The van der Waals surface area contributed by atoms with Gasteiger partial charge < -0.3 is 11.1 Å². The van der Waals surface area contributed by atoms with Crippen LogP contribution in [0.2, 0.25) is 0 Å². The van der Waals surface area contributed by atoms with Crippen LogP contribution in [-0.2, 0) is 0 Å². The van der Waals surface area contributed by atoms with Crippen molar-refractivity contribution in [3.05, 3.63) is 52.6 Å². The molecule has 0 saturated carbocycles. The molecular formula is C20H44N2. The lowest BCUT2D eigenvalue weighted by molar-refractivity contribution is 0.557. The van der Waals surface area contributed by atoms with E-state index in [2.05, 4.69) is 64.9 Å². The molecule has 2 nitrogen and oxygen atoms in total. The van der Waals surface area contributed by atoms with Gasteiger partial charge in [0.25, 0.3) is 0 Å². The van der Waals surface area contributed by atoms with E-state index < -0.39 is 0 Å². The SMILES string of the molecule is C=C.C=C.C=C.C=C.CCCCCCCCCCNCCN. The molecule has 0 bridgehead atoms. The second-order valence-corrected chi connectivity index (χ2v) is 4.01. The van der Waals surface area contributed by atoms with Crippen LogP contribution in [0.5, 0.6) is 0 Å². The second kappa shape index (κ2) is 59.9. The molecule has 0 radical (unpaired) electrons. The average Bonchev–Trinajstić information content (AvgIpc) is 2.63. The number of unbranched alkanes of at least 4 members (excludes halogenated alkanes) is 7. The van der Waals surface area contributed by atoms with E-state index in [1.54, 1.807) is 0 Å². The van der Waals surface area contributed by atoms with E-state index in [0.717, 1.165) is 19.6 Å². The van der Waals surface area contributed by atoms with Crippen LogP contribution in [0.25, 0.3) is 0 Å². The van der Waals surface area contributed by atoms with Crippen LogP contribution in [-0.4, -0.2) is 19.6 Å². The third kappa shape index (κ3) is 61.8. The van der Waals surface area contributed by atoms with Crippen LogP contribution in [0.15, 0.2) is 52.6 Å². The Labute approximate surface area is 142 Å². The molecule has 0 heterocycles. The first-order chi connectivity index (χ1) is 10.9. The molecule has 0 unspecified atom stereocenters. The Morgan fingerprint density at radius 3 is 1.32 bits per heavy atom. The lowest BCUT2D eigenvalue weighted by Crippen LogP contribution is -2.23. The first kappa shape index (κ1) is 32.7. The molecule has 0 saturated heterocycles. The minimum Gasteiger partial charge on any atom is -0.329 e. The molecule has 0 aromatic carbocycles. The lowest BCUT2D eigenvalue weighted by Gasteiger charge is -2.03. The Kier molecular flexibility index (Phi) is 89.0. The maximum absolute atomic E-state index is 5.37. The molecule has 0 aliphatic heterocycles. The van der Waals surface area contributed by atoms with Crippen LogP contribution in [0, 0.1) is 0 Å². The largest absolute Gasteiger partial charge is 0.329 e. The molecule has 0 aromatic heterocycles. The van der Waals surface area contributed by atoms with E-state index in [0.29, 0.717) is 0 Å². The first-order valence-corrected chi connectivity index (χ1v) is 8.32. The van der Waals surface area contributed by atoms with Gasteiger partial charge in [0.05, 0.1) is 0 Å². The third-order valence-corrected chi connectivity index (χ3v) is 2.53. The molecule has 0 fully saturated rings. The molecule has 2 heteroatoms. The lowest BCUT2D eigenvalue weighted by atomic mass is 10.1. The highest BCUT2D eigenvalue weighted by atomic mass is 14.9. The van der Waals surface area contributed by atoms with Crippen molar-refractivity contribution in [3.63, 3.8) is 0 Å². The van der Waals surface area contributed by atoms with Crippen molar-refractivity contribution in [1.29, 1.82) is 0 Å². The molecule has 0 spiro atoms. The van der Waals surface area contributed by atoms with Crippen LogP contribution in [0.4, 0.5) is 0 Å². The standard InChI is InChI=1S/C12H28N2.4C2H4/c1-2-3-4-5-6-7-8-9-11-14-12-10-13;4*1-2/h14H,2-13H2,1H3;4*1-2H2. The smallest absolute Gasteiger partial charge is 0.00745 e. The van der Waals surface area contributed by atoms with E-state index in [1.807, 2.05) is 0 Å². The quantitative estimate of drug-likeness (QED) is 0.369. The van der Waals surface area contributed by atoms with Gasteiger partial charge in [0.2, 0.25) is 0 Å². The van der Waals surface area contributed by atoms with Gasteiger partial charge in [0, 0.05) is 13.1 Å². The van der Waals surface area contributed by atoms with E-state index in [1.165, 1.54) is 51.4 Å². The predicted molar refractivity (Wildman–Crippen MR) is 110 cm³/mol. The molecule has 22 heavy (non-hydrogen) atoms. The summed E-state index contributed by atoms with van der Waals surface area (Å²) in [7, 11) is 0. The first-order valence-electron chi connectivity index (χ1n) is 8.32. The van der Waals surface area contributed by atoms with Gasteiger partial charge in [-0.15, -0.1) is 52.6 Å². The van der Waals surface area contributed by atoms with Crippen LogP contribution < -0.4 is 11.1 Å². The summed E-state index contributed by atoms with van der Waals surface area (Å²) in [5, 5.41) is 3.32. The van der Waals surface area contributed by atoms with E-state index in [-0.39, 0.29) is 0 Å². The van der Waals surface area contributed by atoms with Gasteiger partial charge in [-0.25, -0.2) is 0 Å².